The van der Waals surface area contributed by atoms with Gasteiger partial charge in [0.25, 0.3) is 0 Å². The molecule has 1 aromatic carbocycles. The average Bonchev–Trinajstić information content (AvgIpc) is 2.36. The summed E-state index contributed by atoms with van der Waals surface area (Å²) in [5, 5.41) is 3.05. The number of hydrogen-bond donors (Lipinski definition) is 1. The van der Waals surface area contributed by atoms with Crippen LogP contribution in [0.4, 0.5) is 10.5 Å². The number of amides is 1. The maximum Gasteiger partial charge on any atom is 0.412 e. The molecule has 0 heterocycles. The number of rotatable bonds is 2. The molecule has 0 fully saturated rings. The molecule has 0 bridgehead atoms. The van der Waals surface area contributed by atoms with Crippen LogP contribution in [0.15, 0.2) is 36.9 Å². The Bertz CT molecular complexity index is 464. The van der Waals surface area contributed by atoms with Gasteiger partial charge in [0.2, 0.25) is 0 Å². The Hall–Kier alpha value is -1.63. The summed E-state index contributed by atoms with van der Waals surface area (Å²) in [4.78, 5) is 11.2. The zero-order valence-corrected chi connectivity index (χ0v) is 12.1. The van der Waals surface area contributed by atoms with Gasteiger partial charge >= 0.3 is 6.09 Å². The zero-order chi connectivity index (χ0) is 14.5. The third-order valence-electron chi connectivity index (χ3n) is 1.54. The summed E-state index contributed by atoms with van der Waals surface area (Å²) in [6.07, 6.45) is 1.17. The maximum absolute atomic E-state index is 11.2. The number of anilines is 1. The molecule has 0 atom stereocenters. The number of allylic oxidation sites excluding steroid dienone is 1. The summed E-state index contributed by atoms with van der Waals surface area (Å²) in [5.41, 5.74) is 0.572. The van der Waals surface area contributed by atoms with Crippen molar-refractivity contribution in [3.8, 4) is 11.8 Å². The second-order valence-electron chi connectivity index (χ2n) is 3.11. The number of halogens is 2. The van der Waals surface area contributed by atoms with Crippen molar-refractivity contribution in [3.63, 3.8) is 0 Å². The highest BCUT2D eigenvalue weighted by molar-refractivity contribution is 6.30. The van der Waals surface area contributed by atoms with Gasteiger partial charge in [0.05, 0.1) is 5.88 Å². The topological polar surface area (TPSA) is 38.3 Å². The van der Waals surface area contributed by atoms with E-state index in [2.05, 4.69) is 23.7 Å². The van der Waals surface area contributed by atoms with Crippen LogP contribution in [0.5, 0.6) is 0 Å². The minimum atomic E-state index is -0.578. The smallest absolute Gasteiger partial charge is 0.412 e. The lowest BCUT2D eigenvalue weighted by atomic mass is 10.3. The molecule has 0 saturated carbocycles. The van der Waals surface area contributed by atoms with Crippen LogP contribution in [0, 0.1) is 11.8 Å². The molecule has 1 amide bonds. The van der Waals surface area contributed by atoms with Gasteiger partial charge in [-0.3, -0.25) is 5.32 Å². The van der Waals surface area contributed by atoms with Gasteiger partial charge < -0.3 is 4.74 Å². The van der Waals surface area contributed by atoms with Gasteiger partial charge in [-0.15, -0.1) is 18.2 Å². The van der Waals surface area contributed by atoms with Gasteiger partial charge in [-0.05, 0) is 25.1 Å². The van der Waals surface area contributed by atoms with E-state index in [1.54, 1.807) is 30.3 Å². The van der Waals surface area contributed by atoms with Crippen LogP contribution in [0.2, 0.25) is 5.02 Å². The first-order chi connectivity index (χ1) is 9.13. The Labute approximate surface area is 123 Å². The molecular weight excluding hydrogens is 285 g/mol. The van der Waals surface area contributed by atoms with E-state index in [1.165, 1.54) is 0 Å². The Morgan fingerprint density at radius 2 is 2.21 bits per heavy atom. The molecule has 102 valence electrons. The van der Waals surface area contributed by atoms with E-state index in [9.17, 15) is 4.79 Å². The lowest BCUT2D eigenvalue weighted by Crippen LogP contribution is -2.13. The summed E-state index contributed by atoms with van der Waals surface area (Å²) in [5.74, 6) is 5.36. The molecule has 3 nitrogen and oxygen atoms in total. The molecule has 0 saturated heterocycles. The summed E-state index contributed by atoms with van der Waals surface area (Å²) in [7, 11) is 0. The highest BCUT2D eigenvalue weighted by Gasteiger charge is 2.01. The van der Waals surface area contributed by atoms with Crippen LogP contribution in [0.3, 0.4) is 0 Å². The second-order valence-corrected chi connectivity index (χ2v) is 3.81. The van der Waals surface area contributed by atoms with Gasteiger partial charge in [0.1, 0.15) is 0 Å². The molecule has 19 heavy (non-hydrogen) atoms. The SMILES string of the molecule is C=CC.O=C(Nc1cccc(Cl)c1)OCC#CCCl. The summed E-state index contributed by atoms with van der Waals surface area (Å²) in [6.45, 7) is 5.26. The van der Waals surface area contributed by atoms with E-state index in [1.807, 2.05) is 6.92 Å². The molecule has 0 radical (unpaired) electrons. The van der Waals surface area contributed by atoms with Crippen LogP contribution in [-0.2, 0) is 4.74 Å². The predicted molar refractivity (Wildman–Crippen MR) is 80.8 cm³/mol. The van der Waals surface area contributed by atoms with Crippen LogP contribution in [-0.4, -0.2) is 18.6 Å². The number of carbonyl (C=O) groups excluding carboxylic acids is 1. The van der Waals surface area contributed by atoms with Crippen molar-refractivity contribution < 1.29 is 9.53 Å². The molecule has 0 aliphatic heterocycles. The summed E-state index contributed by atoms with van der Waals surface area (Å²) >= 11 is 11.1. The van der Waals surface area contributed by atoms with Gasteiger partial charge in [-0.25, -0.2) is 4.79 Å². The fraction of sp³-hybridized carbons (Fsp3) is 0.214. The quantitative estimate of drug-likeness (QED) is 0.502. The van der Waals surface area contributed by atoms with E-state index in [4.69, 9.17) is 27.9 Å². The standard InChI is InChI=1S/C11H9Cl2NO2.C3H6/c12-6-1-2-7-16-11(15)14-10-5-3-4-9(13)8-10;1-3-2/h3-5,8H,6-7H2,(H,14,15);3H,1H2,2H3. The van der Waals surface area contributed by atoms with Crippen molar-refractivity contribution in [2.24, 2.45) is 0 Å². The van der Waals surface area contributed by atoms with E-state index in [0.717, 1.165) is 0 Å². The molecule has 1 rings (SSSR count). The first-order valence-electron chi connectivity index (χ1n) is 5.42. The van der Waals surface area contributed by atoms with E-state index >= 15 is 0 Å². The number of alkyl halides is 1. The summed E-state index contributed by atoms with van der Waals surface area (Å²) in [6, 6.07) is 6.76. The Morgan fingerprint density at radius 1 is 1.53 bits per heavy atom. The first-order valence-corrected chi connectivity index (χ1v) is 6.33. The van der Waals surface area contributed by atoms with Crippen LogP contribution in [0.1, 0.15) is 6.92 Å². The van der Waals surface area contributed by atoms with Crippen LogP contribution in [0.25, 0.3) is 0 Å². The highest BCUT2D eigenvalue weighted by atomic mass is 35.5. The van der Waals surface area contributed by atoms with Crippen LogP contribution < -0.4 is 5.32 Å². The first kappa shape index (κ1) is 17.4. The zero-order valence-electron chi connectivity index (χ0n) is 10.6. The molecule has 0 spiro atoms. The molecule has 0 unspecified atom stereocenters. The largest absolute Gasteiger partial charge is 0.436 e. The Balaban J connectivity index is 0.000000982. The van der Waals surface area contributed by atoms with Crippen molar-refractivity contribution in [3.05, 3.63) is 41.9 Å². The van der Waals surface area contributed by atoms with Crippen LogP contribution >= 0.6 is 23.2 Å². The third kappa shape index (κ3) is 10.0. The van der Waals surface area contributed by atoms with E-state index in [-0.39, 0.29) is 12.5 Å². The number of carbonyl (C=O) groups is 1. The molecule has 0 aromatic heterocycles. The lowest BCUT2D eigenvalue weighted by Gasteiger charge is -2.04. The van der Waals surface area contributed by atoms with Gasteiger partial charge in [0.15, 0.2) is 6.61 Å². The Morgan fingerprint density at radius 3 is 2.79 bits per heavy atom. The Kier molecular flexibility index (Phi) is 10.5. The number of hydrogen-bond acceptors (Lipinski definition) is 2. The van der Waals surface area contributed by atoms with E-state index in [0.29, 0.717) is 10.7 Å². The number of benzene rings is 1. The molecule has 0 aliphatic carbocycles. The van der Waals surface area contributed by atoms with Gasteiger partial charge in [0, 0.05) is 10.7 Å². The molecule has 1 aromatic rings. The van der Waals surface area contributed by atoms with E-state index < -0.39 is 6.09 Å². The molecule has 5 heteroatoms. The fourth-order valence-corrected chi connectivity index (χ4v) is 1.20. The second kappa shape index (κ2) is 11.5. The molecule has 1 N–H and O–H groups in total. The minimum absolute atomic E-state index is 0.0130. The van der Waals surface area contributed by atoms with Crippen molar-refractivity contribution in [1.82, 2.24) is 0 Å². The summed E-state index contributed by atoms with van der Waals surface area (Å²) < 4.78 is 4.76. The lowest BCUT2D eigenvalue weighted by molar-refractivity contribution is 0.176. The monoisotopic (exact) mass is 299 g/mol. The van der Waals surface area contributed by atoms with Crippen molar-refractivity contribution >= 4 is 35.0 Å². The van der Waals surface area contributed by atoms with Crippen molar-refractivity contribution in [2.45, 2.75) is 6.92 Å². The average molecular weight is 300 g/mol. The molecule has 0 aliphatic rings. The predicted octanol–water partition coefficient (Wildman–Crippen LogP) is 4.32. The fourth-order valence-electron chi connectivity index (χ4n) is 0.920. The molecular formula is C14H15Cl2NO2. The van der Waals surface area contributed by atoms with Crippen molar-refractivity contribution in [1.29, 1.82) is 0 Å². The maximum atomic E-state index is 11.2. The minimum Gasteiger partial charge on any atom is -0.436 e. The third-order valence-corrected chi connectivity index (χ3v) is 1.91. The van der Waals surface area contributed by atoms with Gasteiger partial charge in [-0.1, -0.05) is 35.6 Å². The number of ether oxygens (including phenoxy) is 1. The van der Waals surface area contributed by atoms with Crippen molar-refractivity contribution in [2.75, 3.05) is 17.8 Å². The highest BCUT2D eigenvalue weighted by Crippen LogP contribution is 2.14. The normalized spacial score (nSPS) is 8.16. The number of nitrogens with one attached hydrogen (secondary N) is 1. The van der Waals surface area contributed by atoms with Gasteiger partial charge in [-0.2, -0.15) is 0 Å².